The molecular weight excluding hydrogens is 638 g/mol. The van der Waals surface area contributed by atoms with Crippen LogP contribution in [0.2, 0.25) is 0 Å². The number of hydrogen-bond acceptors (Lipinski definition) is 10. The van der Waals surface area contributed by atoms with Crippen molar-refractivity contribution in [3.05, 3.63) is 95.7 Å². The molecule has 12 heteroatoms. The Kier molecular flexibility index (Phi) is 13.4. The molecule has 0 aliphatic rings. The molecule has 4 aromatic rings. The number of aromatic nitrogens is 1. The summed E-state index contributed by atoms with van der Waals surface area (Å²) >= 11 is 0. The van der Waals surface area contributed by atoms with Gasteiger partial charge in [-0.15, -0.1) is 0 Å². The minimum absolute atomic E-state index is 0.0297. The first kappa shape index (κ1) is 39.0. The number of carboxylic acids is 1. The second kappa shape index (κ2) is 17.3. The average Bonchev–Trinajstić information content (AvgIpc) is 3.02. The van der Waals surface area contributed by atoms with Gasteiger partial charge in [-0.2, -0.15) is 4.90 Å². The number of pyridine rings is 1. The first-order chi connectivity index (χ1) is 23.5. The summed E-state index contributed by atoms with van der Waals surface area (Å²) in [6.45, 7) is 11.0. The number of benzene rings is 3. The van der Waals surface area contributed by atoms with Gasteiger partial charge in [0.1, 0.15) is 23.5 Å². The standard InChI is InChI=1S/C30H35N3O7.C8H12N2/c1-29(2,3)39-27(37)33(28(38)40-30(4,5)6)26-23-13-12-22(17-21(23)15-16-31-26)32-24(18-34)20-10-7-19(8-11-20)9-14-25(35)36;1-10-6-7-3-2-4-8(9)5-7/h7-8,10-13,15-18,24,32H,9,14H2,1-6H3,(H,35,36);2-5,10H,6,9H2,1H3. The Balaban J connectivity index is 0.000000578. The largest absolute Gasteiger partial charge is 0.481 e. The number of anilines is 3. The second-order valence-electron chi connectivity index (χ2n) is 13.5. The van der Waals surface area contributed by atoms with Crippen LogP contribution in [0.1, 0.15) is 70.7 Å². The van der Waals surface area contributed by atoms with Crippen LogP contribution in [0.5, 0.6) is 0 Å². The number of rotatable bonds is 10. The van der Waals surface area contributed by atoms with Gasteiger partial charge in [-0.25, -0.2) is 14.6 Å². The van der Waals surface area contributed by atoms with E-state index in [1.807, 2.05) is 31.3 Å². The third kappa shape index (κ3) is 12.2. The fourth-order valence-electron chi connectivity index (χ4n) is 4.72. The van der Waals surface area contributed by atoms with E-state index in [-0.39, 0.29) is 12.2 Å². The molecule has 0 radical (unpaired) electrons. The highest BCUT2D eigenvalue weighted by Gasteiger charge is 2.34. The zero-order valence-electron chi connectivity index (χ0n) is 29.7. The fraction of sp³-hybridized carbons (Fsp3) is 0.342. The van der Waals surface area contributed by atoms with Gasteiger partial charge in [0.2, 0.25) is 0 Å². The van der Waals surface area contributed by atoms with E-state index >= 15 is 0 Å². The molecule has 50 heavy (non-hydrogen) atoms. The maximum absolute atomic E-state index is 13.1. The first-order valence-corrected chi connectivity index (χ1v) is 16.2. The summed E-state index contributed by atoms with van der Waals surface area (Å²) in [7, 11) is 1.92. The summed E-state index contributed by atoms with van der Waals surface area (Å²) < 4.78 is 11.0. The number of nitrogens with two attached hydrogens (primary N) is 1. The monoisotopic (exact) mass is 685 g/mol. The summed E-state index contributed by atoms with van der Waals surface area (Å²) in [5, 5.41) is 16.3. The number of amides is 2. The third-order valence-corrected chi connectivity index (χ3v) is 6.86. The molecule has 1 aromatic heterocycles. The summed E-state index contributed by atoms with van der Waals surface area (Å²) in [6, 6.07) is 21.3. The number of imide groups is 1. The summed E-state index contributed by atoms with van der Waals surface area (Å²) in [5.74, 6) is -0.817. The Hall–Kier alpha value is -5.49. The van der Waals surface area contributed by atoms with Crippen molar-refractivity contribution in [1.29, 1.82) is 0 Å². The minimum Gasteiger partial charge on any atom is -0.481 e. The van der Waals surface area contributed by atoms with E-state index in [2.05, 4.69) is 15.6 Å². The molecule has 4 rings (SSSR count). The van der Waals surface area contributed by atoms with E-state index in [4.69, 9.17) is 20.3 Å². The predicted molar refractivity (Wildman–Crippen MR) is 195 cm³/mol. The van der Waals surface area contributed by atoms with Gasteiger partial charge in [0.15, 0.2) is 5.82 Å². The highest BCUT2D eigenvalue weighted by atomic mass is 16.6. The van der Waals surface area contributed by atoms with E-state index in [0.717, 1.165) is 29.0 Å². The summed E-state index contributed by atoms with van der Waals surface area (Å²) in [5.41, 5.74) is 8.08. The number of nitrogen functional groups attached to an aromatic ring is 1. The first-order valence-electron chi connectivity index (χ1n) is 16.2. The van der Waals surface area contributed by atoms with Crippen LogP contribution in [-0.2, 0) is 32.0 Å². The topological polar surface area (TPSA) is 173 Å². The van der Waals surface area contributed by atoms with Crippen LogP contribution >= 0.6 is 0 Å². The lowest BCUT2D eigenvalue weighted by atomic mass is 10.0. The molecule has 2 amide bonds. The molecule has 5 N–H and O–H groups in total. The lowest BCUT2D eigenvalue weighted by molar-refractivity contribution is -0.137. The van der Waals surface area contributed by atoms with Gasteiger partial charge in [0.25, 0.3) is 0 Å². The van der Waals surface area contributed by atoms with Crippen LogP contribution in [0.4, 0.5) is 26.8 Å². The molecule has 1 unspecified atom stereocenters. The van der Waals surface area contributed by atoms with Crippen LogP contribution in [0.3, 0.4) is 0 Å². The van der Waals surface area contributed by atoms with Crippen LogP contribution in [0.15, 0.2) is 79.0 Å². The van der Waals surface area contributed by atoms with Crippen LogP contribution in [0, 0.1) is 0 Å². The van der Waals surface area contributed by atoms with Crippen molar-refractivity contribution in [1.82, 2.24) is 10.3 Å². The Morgan fingerprint density at radius 2 is 1.54 bits per heavy atom. The molecule has 12 nitrogen and oxygen atoms in total. The molecule has 0 bridgehead atoms. The minimum atomic E-state index is -0.920. The van der Waals surface area contributed by atoms with Gasteiger partial charge in [-0.05, 0) is 113 Å². The number of nitrogens with one attached hydrogen (secondary N) is 2. The third-order valence-electron chi connectivity index (χ3n) is 6.86. The molecule has 3 aromatic carbocycles. The zero-order valence-corrected chi connectivity index (χ0v) is 29.7. The number of aldehydes is 1. The Morgan fingerprint density at radius 1 is 0.900 bits per heavy atom. The second-order valence-corrected chi connectivity index (χ2v) is 13.5. The number of carbonyl (C=O) groups is 4. The van der Waals surface area contributed by atoms with Crippen molar-refractivity contribution in [3.63, 3.8) is 0 Å². The van der Waals surface area contributed by atoms with Gasteiger partial charge < -0.3 is 35.7 Å². The average molecular weight is 686 g/mol. The Morgan fingerprint density at radius 3 is 2.08 bits per heavy atom. The maximum atomic E-state index is 13.1. The SMILES string of the molecule is CC(C)(C)OC(=O)N(C(=O)OC(C)(C)C)c1nccc2cc(NC(C=O)c3ccc(CCC(=O)O)cc3)ccc12.CNCc1cccc(N)c1. The van der Waals surface area contributed by atoms with Crippen molar-refractivity contribution >= 4 is 52.4 Å². The van der Waals surface area contributed by atoms with Crippen molar-refractivity contribution in [2.24, 2.45) is 0 Å². The van der Waals surface area contributed by atoms with Crippen molar-refractivity contribution in [3.8, 4) is 0 Å². The van der Waals surface area contributed by atoms with E-state index in [9.17, 15) is 19.2 Å². The molecule has 0 saturated heterocycles. The highest BCUT2D eigenvalue weighted by molar-refractivity contribution is 6.14. The van der Waals surface area contributed by atoms with Crippen LogP contribution in [0.25, 0.3) is 10.8 Å². The molecule has 0 aliphatic carbocycles. The van der Waals surface area contributed by atoms with E-state index in [1.54, 1.807) is 90.1 Å². The van der Waals surface area contributed by atoms with E-state index < -0.39 is 35.4 Å². The van der Waals surface area contributed by atoms with Crippen molar-refractivity contribution in [2.45, 2.75) is 78.2 Å². The predicted octanol–water partition coefficient (Wildman–Crippen LogP) is 7.27. The normalized spacial score (nSPS) is 11.8. The van der Waals surface area contributed by atoms with Gasteiger partial charge >= 0.3 is 18.2 Å². The number of carbonyl (C=O) groups excluding carboxylic acids is 3. The number of nitrogens with zero attached hydrogens (tertiary/aromatic N) is 2. The molecule has 1 atom stereocenters. The van der Waals surface area contributed by atoms with Gasteiger partial charge in [0.05, 0.1) is 0 Å². The number of hydrogen-bond donors (Lipinski definition) is 4. The molecule has 0 saturated carbocycles. The molecular formula is C38H47N5O7. The summed E-state index contributed by atoms with van der Waals surface area (Å²) in [6.07, 6.45) is 0.840. The molecule has 0 aliphatic heterocycles. The Labute approximate surface area is 293 Å². The quantitative estimate of drug-likeness (QED) is 0.0977. The smallest absolute Gasteiger partial charge is 0.425 e. The Bertz CT molecular complexity index is 1750. The maximum Gasteiger partial charge on any atom is 0.425 e. The van der Waals surface area contributed by atoms with Crippen LogP contribution < -0.4 is 21.3 Å². The number of ether oxygens (including phenoxy) is 2. The lowest BCUT2D eigenvalue weighted by Gasteiger charge is -2.28. The molecule has 1 heterocycles. The van der Waals surface area contributed by atoms with E-state index in [0.29, 0.717) is 28.4 Å². The molecule has 0 fully saturated rings. The lowest BCUT2D eigenvalue weighted by Crippen LogP contribution is -2.44. The van der Waals surface area contributed by atoms with Gasteiger partial charge in [-0.1, -0.05) is 36.4 Å². The zero-order chi connectivity index (χ0) is 37.1. The van der Waals surface area contributed by atoms with Crippen molar-refractivity contribution < 1.29 is 33.8 Å². The highest BCUT2D eigenvalue weighted by Crippen LogP contribution is 2.30. The van der Waals surface area contributed by atoms with Crippen molar-refractivity contribution in [2.75, 3.05) is 23.0 Å². The molecule has 266 valence electrons. The van der Waals surface area contributed by atoms with E-state index in [1.165, 1.54) is 11.8 Å². The van der Waals surface area contributed by atoms with Gasteiger partial charge in [-0.3, -0.25) is 4.79 Å². The molecule has 0 spiro atoms. The number of aliphatic carboxylic acids is 1. The van der Waals surface area contributed by atoms with Crippen LogP contribution in [-0.4, -0.2) is 52.8 Å². The summed E-state index contributed by atoms with van der Waals surface area (Å²) in [4.78, 5) is 54.1. The fourth-order valence-corrected chi connectivity index (χ4v) is 4.72. The van der Waals surface area contributed by atoms with Gasteiger partial charge in [0, 0.05) is 35.9 Å². The number of aryl methyl sites for hydroxylation is 1. The number of fused-ring (bicyclic) bond motifs is 1. The number of carboxylic acid groups (broad SMARTS) is 1.